The van der Waals surface area contributed by atoms with Crippen LogP contribution in [0.25, 0.3) is 0 Å². The van der Waals surface area contributed by atoms with Crippen LogP contribution in [0.3, 0.4) is 0 Å². The Kier molecular flexibility index (Phi) is 7.55. The fourth-order valence-electron chi connectivity index (χ4n) is 2.29. The van der Waals surface area contributed by atoms with E-state index in [0.29, 0.717) is 28.9 Å². The van der Waals surface area contributed by atoms with Crippen LogP contribution in [-0.4, -0.2) is 39.6 Å². The summed E-state index contributed by atoms with van der Waals surface area (Å²) in [6, 6.07) is 8.92. The molecule has 0 atom stereocenters. The number of amides is 1. The third kappa shape index (κ3) is 5.83. The molecule has 0 spiro atoms. The van der Waals surface area contributed by atoms with Crippen molar-refractivity contribution in [3.05, 3.63) is 47.5 Å². The van der Waals surface area contributed by atoms with Gasteiger partial charge in [0.25, 0.3) is 5.91 Å². The zero-order valence-electron chi connectivity index (χ0n) is 15.2. The van der Waals surface area contributed by atoms with Gasteiger partial charge in [-0.05, 0) is 35.9 Å². The normalized spacial score (nSPS) is 10.3. The van der Waals surface area contributed by atoms with E-state index >= 15 is 0 Å². The van der Waals surface area contributed by atoms with Crippen LogP contribution in [0, 0.1) is 0 Å². The minimum Gasteiger partial charge on any atom is -0.493 e. The Morgan fingerprint density at radius 1 is 1.04 bits per heavy atom. The van der Waals surface area contributed by atoms with Crippen molar-refractivity contribution in [2.24, 2.45) is 0 Å². The molecule has 0 radical (unpaired) electrons. The lowest BCUT2D eigenvalue weighted by Gasteiger charge is -2.13. The first kappa shape index (κ1) is 20.9. The van der Waals surface area contributed by atoms with Gasteiger partial charge in [0.1, 0.15) is 6.29 Å². The van der Waals surface area contributed by atoms with Crippen molar-refractivity contribution < 1.29 is 37.3 Å². The van der Waals surface area contributed by atoms with Crippen LogP contribution in [0.2, 0.25) is 0 Å². The maximum absolute atomic E-state index is 12.3. The van der Waals surface area contributed by atoms with E-state index in [1.54, 1.807) is 0 Å². The maximum Gasteiger partial charge on any atom is 0.387 e. The third-order valence-corrected chi connectivity index (χ3v) is 3.62. The molecule has 9 heteroatoms. The second-order valence-electron chi connectivity index (χ2n) is 5.46. The van der Waals surface area contributed by atoms with Crippen LogP contribution >= 0.6 is 0 Å². The molecule has 1 N–H and O–H groups in total. The Hall–Kier alpha value is -3.36. The quantitative estimate of drug-likeness (QED) is 0.623. The van der Waals surface area contributed by atoms with E-state index in [1.807, 2.05) is 0 Å². The van der Waals surface area contributed by atoms with E-state index in [-0.39, 0.29) is 24.7 Å². The fourth-order valence-corrected chi connectivity index (χ4v) is 2.29. The van der Waals surface area contributed by atoms with Crippen molar-refractivity contribution in [1.82, 2.24) is 5.32 Å². The van der Waals surface area contributed by atoms with E-state index < -0.39 is 12.5 Å². The number of methoxy groups -OCH3 is 2. The maximum atomic E-state index is 12.3. The minimum atomic E-state index is -2.96. The van der Waals surface area contributed by atoms with Gasteiger partial charge in [0.05, 0.1) is 14.2 Å². The molecule has 0 aliphatic carbocycles. The molecule has 0 aliphatic heterocycles. The minimum absolute atomic E-state index is 0.0956. The van der Waals surface area contributed by atoms with E-state index in [2.05, 4.69) is 10.1 Å². The van der Waals surface area contributed by atoms with Gasteiger partial charge in [0.2, 0.25) is 0 Å². The largest absolute Gasteiger partial charge is 0.493 e. The summed E-state index contributed by atoms with van der Waals surface area (Å²) in [5.74, 6) is 0.272. The second-order valence-corrected chi connectivity index (χ2v) is 5.46. The van der Waals surface area contributed by atoms with Gasteiger partial charge in [-0.15, -0.1) is 0 Å². The SMILES string of the molecule is COc1cc(C=O)ccc1OCC(=O)NCc1ccc(OC(F)F)c(OC)c1. The van der Waals surface area contributed by atoms with Crippen LogP contribution in [-0.2, 0) is 11.3 Å². The van der Waals surface area contributed by atoms with Gasteiger partial charge in [-0.2, -0.15) is 8.78 Å². The van der Waals surface area contributed by atoms with Gasteiger partial charge >= 0.3 is 6.61 Å². The Bertz CT molecular complexity index is 828. The van der Waals surface area contributed by atoms with Crippen LogP contribution < -0.4 is 24.3 Å². The topological polar surface area (TPSA) is 83.1 Å². The zero-order chi connectivity index (χ0) is 20.5. The molecule has 2 rings (SSSR count). The third-order valence-electron chi connectivity index (χ3n) is 3.62. The molecule has 2 aromatic rings. The molecular formula is C19H19F2NO6. The Morgan fingerprint density at radius 3 is 2.36 bits per heavy atom. The predicted molar refractivity (Wildman–Crippen MR) is 95.3 cm³/mol. The lowest BCUT2D eigenvalue weighted by atomic mass is 10.2. The number of nitrogens with one attached hydrogen (secondary N) is 1. The van der Waals surface area contributed by atoms with Crippen LogP contribution in [0.4, 0.5) is 8.78 Å². The van der Waals surface area contributed by atoms with E-state index in [9.17, 15) is 18.4 Å². The molecule has 0 saturated heterocycles. The van der Waals surface area contributed by atoms with Crippen molar-refractivity contribution in [1.29, 1.82) is 0 Å². The average molecular weight is 395 g/mol. The van der Waals surface area contributed by atoms with Gasteiger partial charge in [0, 0.05) is 12.1 Å². The van der Waals surface area contributed by atoms with Crippen molar-refractivity contribution in [3.63, 3.8) is 0 Å². The molecule has 0 aliphatic rings. The van der Waals surface area contributed by atoms with Crippen LogP contribution in [0.15, 0.2) is 36.4 Å². The first-order valence-corrected chi connectivity index (χ1v) is 8.11. The standard InChI is InChI=1S/C19H19F2NO6/c1-25-16-8-13(10-23)4-5-14(16)27-11-18(24)22-9-12-3-6-15(28-19(20)21)17(7-12)26-2/h3-8,10,19H,9,11H2,1-2H3,(H,22,24). The predicted octanol–water partition coefficient (Wildman–Crippen LogP) is 2.81. The highest BCUT2D eigenvalue weighted by atomic mass is 19.3. The molecule has 2 aromatic carbocycles. The van der Waals surface area contributed by atoms with E-state index in [0.717, 1.165) is 0 Å². The van der Waals surface area contributed by atoms with Crippen molar-refractivity contribution in [2.45, 2.75) is 13.2 Å². The first-order chi connectivity index (χ1) is 13.5. The number of hydrogen-bond donors (Lipinski definition) is 1. The molecule has 0 unspecified atom stereocenters. The highest BCUT2D eigenvalue weighted by molar-refractivity contribution is 5.78. The summed E-state index contributed by atoms with van der Waals surface area (Å²) < 4.78 is 44.6. The number of rotatable bonds is 10. The monoisotopic (exact) mass is 395 g/mol. The molecule has 7 nitrogen and oxygen atoms in total. The van der Waals surface area contributed by atoms with Crippen LogP contribution in [0.5, 0.6) is 23.0 Å². The van der Waals surface area contributed by atoms with Gasteiger partial charge in [0.15, 0.2) is 29.6 Å². The zero-order valence-corrected chi connectivity index (χ0v) is 15.2. The smallest absolute Gasteiger partial charge is 0.387 e. The average Bonchev–Trinajstić information content (AvgIpc) is 2.70. The second kappa shape index (κ2) is 10.1. The Labute approximate surface area is 160 Å². The van der Waals surface area contributed by atoms with Gasteiger partial charge in [-0.1, -0.05) is 6.07 Å². The van der Waals surface area contributed by atoms with Gasteiger partial charge < -0.3 is 24.3 Å². The van der Waals surface area contributed by atoms with E-state index in [4.69, 9.17) is 14.2 Å². The lowest BCUT2D eigenvalue weighted by Crippen LogP contribution is -2.28. The molecule has 0 heterocycles. The van der Waals surface area contributed by atoms with Crippen molar-refractivity contribution >= 4 is 12.2 Å². The van der Waals surface area contributed by atoms with Gasteiger partial charge in [-0.3, -0.25) is 9.59 Å². The van der Waals surface area contributed by atoms with Gasteiger partial charge in [-0.25, -0.2) is 0 Å². The summed E-state index contributed by atoms with van der Waals surface area (Å²) in [5, 5.41) is 2.64. The van der Waals surface area contributed by atoms with Crippen LogP contribution in [0.1, 0.15) is 15.9 Å². The molecule has 1 amide bonds. The molecule has 0 bridgehead atoms. The Morgan fingerprint density at radius 2 is 1.71 bits per heavy atom. The number of benzene rings is 2. The molecule has 0 aromatic heterocycles. The summed E-state index contributed by atoms with van der Waals surface area (Å²) in [5.41, 5.74) is 1.04. The van der Waals surface area contributed by atoms with Crippen molar-refractivity contribution in [2.75, 3.05) is 20.8 Å². The number of hydrogen-bond acceptors (Lipinski definition) is 6. The number of aldehydes is 1. The van der Waals surface area contributed by atoms with Crippen molar-refractivity contribution in [3.8, 4) is 23.0 Å². The Balaban J connectivity index is 1.91. The number of carbonyl (C=O) groups is 2. The summed E-state index contributed by atoms with van der Waals surface area (Å²) in [4.78, 5) is 22.8. The molecule has 0 fully saturated rings. The molecule has 0 saturated carbocycles. The number of halogens is 2. The summed E-state index contributed by atoms with van der Waals surface area (Å²) >= 11 is 0. The molecule has 150 valence electrons. The number of carbonyl (C=O) groups excluding carboxylic acids is 2. The highest BCUT2D eigenvalue weighted by Crippen LogP contribution is 2.29. The summed E-state index contributed by atoms with van der Waals surface area (Å²) in [7, 11) is 2.75. The first-order valence-electron chi connectivity index (χ1n) is 8.11. The number of alkyl halides is 2. The fraction of sp³-hybridized carbons (Fsp3) is 0.263. The summed E-state index contributed by atoms with van der Waals surface area (Å²) in [6.07, 6.45) is 0.672. The highest BCUT2D eigenvalue weighted by Gasteiger charge is 2.12. The molecular weight excluding hydrogens is 376 g/mol. The van der Waals surface area contributed by atoms with E-state index in [1.165, 1.54) is 50.6 Å². The summed E-state index contributed by atoms with van der Waals surface area (Å²) in [6.45, 7) is -3.11. The lowest BCUT2D eigenvalue weighted by molar-refractivity contribution is -0.123. The number of ether oxygens (including phenoxy) is 4. The molecule has 28 heavy (non-hydrogen) atoms.